The van der Waals surface area contributed by atoms with Crippen molar-refractivity contribution in [3.05, 3.63) is 0 Å². The third-order valence-corrected chi connectivity index (χ3v) is 5.40. The Hall–Kier alpha value is -1.30. The number of hydrogen-bond donors (Lipinski definition) is 2. The number of carbonyl (C=O) groups excluding carboxylic acids is 1. The Morgan fingerprint density at radius 1 is 1.29 bits per heavy atom. The molecule has 4 atom stereocenters. The highest BCUT2D eigenvalue weighted by molar-refractivity contribution is 5.79. The number of hydrogen-bond acceptors (Lipinski definition) is 3. The maximum absolute atomic E-state index is 12.4. The zero-order valence-electron chi connectivity index (χ0n) is 12.6. The average molecular weight is 295 g/mol. The van der Waals surface area contributed by atoms with Crippen LogP contribution in [0, 0.1) is 5.92 Å². The number of carboxylic acids is 1. The van der Waals surface area contributed by atoms with Crippen molar-refractivity contribution >= 4 is 12.0 Å². The van der Waals surface area contributed by atoms with E-state index in [0.717, 1.165) is 25.9 Å². The van der Waals surface area contributed by atoms with Gasteiger partial charge in [-0.05, 0) is 52.1 Å². The van der Waals surface area contributed by atoms with Gasteiger partial charge in [0.25, 0.3) is 0 Å². The number of carboxylic acid groups (broad SMARTS) is 1. The number of likely N-dealkylation sites (tertiary alicyclic amines) is 1. The highest BCUT2D eigenvalue weighted by Crippen LogP contribution is 2.41. The molecule has 3 saturated heterocycles. The van der Waals surface area contributed by atoms with Crippen LogP contribution < -0.4 is 5.32 Å². The maximum atomic E-state index is 12.4. The molecular weight excluding hydrogens is 270 g/mol. The highest BCUT2D eigenvalue weighted by Gasteiger charge is 2.51. The fourth-order valence-electron chi connectivity index (χ4n) is 4.21. The second-order valence-corrected chi connectivity index (χ2v) is 6.66. The van der Waals surface area contributed by atoms with Gasteiger partial charge in [0, 0.05) is 24.7 Å². The van der Waals surface area contributed by atoms with Gasteiger partial charge in [0.2, 0.25) is 0 Å². The molecule has 0 aliphatic carbocycles. The van der Waals surface area contributed by atoms with Crippen LogP contribution in [0.15, 0.2) is 0 Å². The topological polar surface area (TPSA) is 72.9 Å². The van der Waals surface area contributed by atoms with Crippen molar-refractivity contribution in [3.8, 4) is 0 Å². The Kier molecular flexibility index (Phi) is 4.06. The maximum Gasteiger partial charge on any atom is 0.317 e. The molecule has 0 spiro atoms. The molecule has 3 rings (SSSR count). The van der Waals surface area contributed by atoms with E-state index < -0.39 is 5.97 Å². The minimum absolute atomic E-state index is 0.0719. The zero-order chi connectivity index (χ0) is 15.0. The third kappa shape index (κ3) is 2.73. The number of carbonyl (C=O) groups is 2. The Labute approximate surface area is 125 Å². The first-order valence-electron chi connectivity index (χ1n) is 8.11. The summed E-state index contributed by atoms with van der Waals surface area (Å²) in [6.45, 7) is 5.02. The van der Waals surface area contributed by atoms with E-state index in [9.17, 15) is 14.7 Å². The Morgan fingerprint density at radius 3 is 2.62 bits per heavy atom. The van der Waals surface area contributed by atoms with Gasteiger partial charge in [0.15, 0.2) is 0 Å². The number of aliphatic carboxylic acids is 1. The standard InChI is InChI=1S/C15H25N3O3/c1-10(17-6-2-3-7-17)9-16-15(21)18-11-4-5-13(18)12(8-11)14(19)20/h10-13H,2-9H2,1H3,(H,16,21)(H,19,20). The number of amides is 2. The lowest BCUT2D eigenvalue weighted by molar-refractivity contribution is -0.142. The first-order chi connectivity index (χ1) is 10.1. The van der Waals surface area contributed by atoms with Gasteiger partial charge < -0.3 is 15.3 Å². The molecule has 118 valence electrons. The van der Waals surface area contributed by atoms with E-state index in [0.29, 0.717) is 19.0 Å². The van der Waals surface area contributed by atoms with Crippen LogP contribution in [-0.4, -0.2) is 64.7 Å². The predicted octanol–water partition coefficient (Wildman–Crippen LogP) is 1.12. The van der Waals surface area contributed by atoms with Crippen LogP contribution >= 0.6 is 0 Å². The minimum atomic E-state index is -0.759. The Bertz CT molecular complexity index is 422. The molecule has 3 aliphatic heterocycles. The average Bonchev–Trinajstić information content (AvgIpc) is 3.18. The van der Waals surface area contributed by atoms with Crippen LogP contribution in [0.2, 0.25) is 0 Å². The summed E-state index contributed by atoms with van der Waals surface area (Å²) in [5.41, 5.74) is 0. The fraction of sp³-hybridized carbons (Fsp3) is 0.867. The van der Waals surface area contributed by atoms with Crippen LogP contribution in [0.3, 0.4) is 0 Å². The lowest BCUT2D eigenvalue weighted by atomic mass is 9.89. The van der Waals surface area contributed by atoms with E-state index in [1.807, 2.05) is 0 Å². The van der Waals surface area contributed by atoms with Gasteiger partial charge in [0.05, 0.1) is 5.92 Å². The SMILES string of the molecule is CC(CNC(=O)N1C2CCC1C(C(=O)O)C2)N1CCCC1. The van der Waals surface area contributed by atoms with Gasteiger partial charge in [-0.1, -0.05) is 0 Å². The molecule has 4 unspecified atom stereocenters. The minimum Gasteiger partial charge on any atom is -0.481 e. The number of nitrogens with zero attached hydrogens (tertiary/aromatic N) is 2. The summed E-state index contributed by atoms with van der Waals surface area (Å²) in [7, 11) is 0. The lowest BCUT2D eigenvalue weighted by Crippen LogP contribution is -2.48. The monoisotopic (exact) mass is 295 g/mol. The van der Waals surface area contributed by atoms with Crippen molar-refractivity contribution in [2.75, 3.05) is 19.6 Å². The normalized spacial score (nSPS) is 33.4. The summed E-state index contributed by atoms with van der Waals surface area (Å²) in [6, 6.07) is 0.303. The van der Waals surface area contributed by atoms with Gasteiger partial charge in [0.1, 0.15) is 0 Å². The number of rotatable bonds is 4. The molecule has 2 N–H and O–H groups in total. The molecule has 6 heteroatoms. The summed E-state index contributed by atoms with van der Waals surface area (Å²) in [4.78, 5) is 27.8. The molecular formula is C15H25N3O3. The molecule has 21 heavy (non-hydrogen) atoms. The van der Waals surface area contributed by atoms with Crippen LogP contribution in [0.25, 0.3) is 0 Å². The fourth-order valence-corrected chi connectivity index (χ4v) is 4.21. The van der Waals surface area contributed by atoms with Crippen molar-refractivity contribution in [2.45, 2.75) is 57.2 Å². The zero-order valence-corrected chi connectivity index (χ0v) is 12.6. The van der Waals surface area contributed by atoms with Gasteiger partial charge in [-0.3, -0.25) is 9.69 Å². The molecule has 3 heterocycles. The number of fused-ring (bicyclic) bond motifs is 2. The first kappa shape index (κ1) is 14.6. The van der Waals surface area contributed by atoms with Crippen molar-refractivity contribution < 1.29 is 14.7 Å². The van der Waals surface area contributed by atoms with E-state index in [1.165, 1.54) is 12.8 Å². The smallest absolute Gasteiger partial charge is 0.317 e. The molecule has 0 radical (unpaired) electrons. The van der Waals surface area contributed by atoms with Gasteiger partial charge in [-0.2, -0.15) is 0 Å². The van der Waals surface area contributed by atoms with Crippen LogP contribution in [0.1, 0.15) is 39.0 Å². The second kappa shape index (κ2) is 5.83. The van der Waals surface area contributed by atoms with Crippen LogP contribution in [-0.2, 0) is 4.79 Å². The third-order valence-electron chi connectivity index (χ3n) is 5.40. The summed E-state index contributed by atoms with van der Waals surface area (Å²) in [5, 5.41) is 12.2. The van der Waals surface area contributed by atoms with Crippen molar-refractivity contribution in [1.82, 2.24) is 15.1 Å². The molecule has 0 aromatic rings. The van der Waals surface area contributed by atoms with Crippen LogP contribution in [0.4, 0.5) is 4.79 Å². The van der Waals surface area contributed by atoms with E-state index in [2.05, 4.69) is 17.1 Å². The van der Waals surface area contributed by atoms with Gasteiger partial charge in [-0.15, -0.1) is 0 Å². The summed E-state index contributed by atoms with van der Waals surface area (Å²) >= 11 is 0. The van der Waals surface area contributed by atoms with E-state index in [4.69, 9.17) is 0 Å². The molecule has 0 saturated carbocycles. The predicted molar refractivity (Wildman–Crippen MR) is 78.1 cm³/mol. The second-order valence-electron chi connectivity index (χ2n) is 6.66. The van der Waals surface area contributed by atoms with Crippen molar-refractivity contribution in [3.63, 3.8) is 0 Å². The van der Waals surface area contributed by atoms with E-state index in [1.54, 1.807) is 4.90 Å². The number of nitrogens with one attached hydrogen (secondary N) is 1. The molecule has 6 nitrogen and oxygen atoms in total. The summed E-state index contributed by atoms with van der Waals surface area (Å²) in [5.74, 6) is -1.13. The molecule has 3 fully saturated rings. The molecule has 2 amide bonds. The number of urea groups is 1. The van der Waals surface area contributed by atoms with E-state index >= 15 is 0 Å². The molecule has 2 bridgehead atoms. The van der Waals surface area contributed by atoms with Crippen molar-refractivity contribution in [2.24, 2.45) is 5.92 Å². The molecule has 0 aromatic carbocycles. The van der Waals surface area contributed by atoms with Crippen LogP contribution in [0.5, 0.6) is 0 Å². The van der Waals surface area contributed by atoms with Gasteiger partial charge in [-0.25, -0.2) is 4.79 Å². The summed E-state index contributed by atoms with van der Waals surface area (Å²) < 4.78 is 0. The lowest BCUT2D eigenvalue weighted by Gasteiger charge is -2.27. The van der Waals surface area contributed by atoms with Crippen molar-refractivity contribution in [1.29, 1.82) is 0 Å². The first-order valence-corrected chi connectivity index (χ1v) is 8.11. The largest absolute Gasteiger partial charge is 0.481 e. The Balaban J connectivity index is 1.53. The molecule has 3 aliphatic rings. The van der Waals surface area contributed by atoms with E-state index in [-0.39, 0.29) is 24.0 Å². The quantitative estimate of drug-likeness (QED) is 0.815. The highest BCUT2D eigenvalue weighted by atomic mass is 16.4. The molecule has 0 aromatic heterocycles. The van der Waals surface area contributed by atoms with Gasteiger partial charge >= 0.3 is 12.0 Å². The Morgan fingerprint density at radius 2 is 2.00 bits per heavy atom. The summed E-state index contributed by atoms with van der Waals surface area (Å²) in [6.07, 6.45) is 4.89.